The lowest BCUT2D eigenvalue weighted by molar-refractivity contribution is -0.141. The van der Waals surface area contributed by atoms with Gasteiger partial charge in [-0.3, -0.25) is 9.69 Å². The molecule has 0 aliphatic rings. The number of nitrogens with zero attached hydrogens (tertiary/aromatic N) is 1. The molecule has 0 unspecified atom stereocenters. The molecule has 88 valence electrons. The summed E-state index contributed by atoms with van der Waals surface area (Å²) in [6, 6.07) is 6.42. The molecule has 0 heterocycles. The Morgan fingerprint density at radius 2 is 1.81 bits per heavy atom. The predicted molar refractivity (Wildman–Crippen MR) is 64.3 cm³/mol. The van der Waals surface area contributed by atoms with Crippen molar-refractivity contribution in [3.63, 3.8) is 0 Å². The number of rotatable bonds is 4. The van der Waals surface area contributed by atoms with Gasteiger partial charge in [0.15, 0.2) is 0 Å². The molecule has 1 aromatic rings. The first kappa shape index (κ1) is 12.7. The number of carbonyl (C=O) groups is 1. The van der Waals surface area contributed by atoms with E-state index in [0.29, 0.717) is 6.54 Å². The first-order valence-corrected chi connectivity index (χ1v) is 5.34. The van der Waals surface area contributed by atoms with Gasteiger partial charge in [-0.05, 0) is 26.5 Å². The highest BCUT2D eigenvalue weighted by atomic mass is 16.5. The van der Waals surface area contributed by atoms with Crippen LogP contribution >= 0.6 is 0 Å². The Morgan fingerprint density at radius 3 is 2.31 bits per heavy atom. The fourth-order valence-electron chi connectivity index (χ4n) is 1.81. The Morgan fingerprint density at radius 1 is 1.25 bits per heavy atom. The van der Waals surface area contributed by atoms with Crippen LogP contribution in [0.25, 0.3) is 0 Å². The van der Waals surface area contributed by atoms with Gasteiger partial charge >= 0.3 is 5.97 Å². The van der Waals surface area contributed by atoms with Crippen molar-refractivity contribution in [3.05, 3.63) is 34.9 Å². The van der Waals surface area contributed by atoms with Crippen LogP contribution in [0.1, 0.15) is 16.7 Å². The number of esters is 1. The SMILES string of the molecule is COC(=O)CN(C)Cc1cc(C)cc(C)c1. The largest absolute Gasteiger partial charge is 0.468 e. The standard InChI is InChI=1S/C13H19NO2/c1-10-5-11(2)7-12(6-10)8-14(3)9-13(15)16-4/h5-7H,8-9H2,1-4H3. The van der Waals surface area contributed by atoms with Gasteiger partial charge < -0.3 is 4.74 Å². The van der Waals surface area contributed by atoms with Crippen LogP contribution in [-0.4, -0.2) is 31.6 Å². The van der Waals surface area contributed by atoms with Crippen LogP contribution in [-0.2, 0) is 16.1 Å². The zero-order valence-corrected chi connectivity index (χ0v) is 10.4. The fraction of sp³-hybridized carbons (Fsp3) is 0.462. The number of likely N-dealkylation sites (N-methyl/N-ethyl adjacent to an activating group) is 1. The van der Waals surface area contributed by atoms with Crippen molar-refractivity contribution in [1.82, 2.24) is 4.90 Å². The third kappa shape index (κ3) is 4.03. The molecule has 0 saturated heterocycles. The quantitative estimate of drug-likeness (QED) is 0.727. The van der Waals surface area contributed by atoms with Gasteiger partial charge in [0.2, 0.25) is 0 Å². The topological polar surface area (TPSA) is 29.5 Å². The zero-order valence-electron chi connectivity index (χ0n) is 10.4. The summed E-state index contributed by atoms with van der Waals surface area (Å²) in [6.07, 6.45) is 0. The first-order valence-electron chi connectivity index (χ1n) is 5.34. The average Bonchev–Trinajstić information content (AvgIpc) is 2.15. The lowest BCUT2D eigenvalue weighted by Crippen LogP contribution is -2.26. The lowest BCUT2D eigenvalue weighted by Gasteiger charge is -2.15. The van der Waals surface area contributed by atoms with Crippen LogP contribution in [0.2, 0.25) is 0 Å². The number of benzene rings is 1. The predicted octanol–water partition coefficient (Wildman–Crippen LogP) is 1.91. The van der Waals surface area contributed by atoms with E-state index in [-0.39, 0.29) is 5.97 Å². The lowest BCUT2D eigenvalue weighted by atomic mass is 10.1. The molecule has 0 aromatic heterocycles. The van der Waals surface area contributed by atoms with E-state index in [0.717, 1.165) is 6.54 Å². The Labute approximate surface area is 97.0 Å². The molecule has 0 fully saturated rings. The Hall–Kier alpha value is -1.35. The summed E-state index contributed by atoms with van der Waals surface area (Å²) in [4.78, 5) is 13.0. The average molecular weight is 221 g/mol. The molecule has 0 aliphatic carbocycles. The highest BCUT2D eigenvalue weighted by Gasteiger charge is 2.07. The second kappa shape index (κ2) is 5.66. The van der Waals surface area contributed by atoms with Gasteiger partial charge in [-0.15, -0.1) is 0 Å². The fourth-order valence-corrected chi connectivity index (χ4v) is 1.81. The van der Waals surface area contributed by atoms with E-state index in [1.54, 1.807) is 0 Å². The minimum Gasteiger partial charge on any atom is -0.468 e. The molecule has 1 rings (SSSR count). The number of hydrogen-bond acceptors (Lipinski definition) is 3. The minimum atomic E-state index is -0.202. The summed E-state index contributed by atoms with van der Waals surface area (Å²) >= 11 is 0. The highest BCUT2D eigenvalue weighted by Crippen LogP contribution is 2.10. The Kier molecular flexibility index (Phi) is 4.50. The van der Waals surface area contributed by atoms with Crippen molar-refractivity contribution in [2.45, 2.75) is 20.4 Å². The molecule has 0 aliphatic heterocycles. The van der Waals surface area contributed by atoms with Crippen LogP contribution in [0.4, 0.5) is 0 Å². The molecule has 0 radical (unpaired) electrons. The maximum absolute atomic E-state index is 11.1. The second-order valence-corrected chi connectivity index (χ2v) is 4.24. The van der Waals surface area contributed by atoms with Crippen molar-refractivity contribution in [1.29, 1.82) is 0 Å². The van der Waals surface area contributed by atoms with Gasteiger partial charge in [-0.25, -0.2) is 0 Å². The third-order valence-electron chi connectivity index (χ3n) is 2.36. The van der Waals surface area contributed by atoms with Crippen LogP contribution in [0.15, 0.2) is 18.2 Å². The van der Waals surface area contributed by atoms with Crippen molar-refractivity contribution in [3.8, 4) is 0 Å². The van der Waals surface area contributed by atoms with E-state index in [9.17, 15) is 4.79 Å². The molecule has 16 heavy (non-hydrogen) atoms. The maximum Gasteiger partial charge on any atom is 0.319 e. The normalized spacial score (nSPS) is 10.6. The van der Waals surface area contributed by atoms with Crippen LogP contribution in [0, 0.1) is 13.8 Å². The number of aryl methyl sites for hydroxylation is 2. The molecule has 0 spiro atoms. The smallest absolute Gasteiger partial charge is 0.319 e. The van der Waals surface area contributed by atoms with Crippen molar-refractivity contribution in [2.24, 2.45) is 0 Å². The van der Waals surface area contributed by atoms with E-state index in [1.807, 2.05) is 11.9 Å². The molecule has 3 heteroatoms. The van der Waals surface area contributed by atoms with Gasteiger partial charge in [0.1, 0.15) is 0 Å². The summed E-state index contributed by atoms with van der Waals surface area (Å²) in [5, 5.41) is 0. The van der Waals surface area contributed by atoms with E-state index >= 15 is 0 Å². The molecule has 0 bridgehead atoms. The number of hydrogen-bond donors (Lipinski definition) is 0. The van der Waals surface area contributed by atoms with Gasteiger partial charge in [-0.2, -0.15) is 0 Å². The van der Waals surface area contributed by atoms with E-state index < -0.39 is 0 Å². The van der Waals surface area contributed by atoms with Gasteiger partial charge in [0, 0.05) is 6.54 Å². The molecular weight excluding hydrogens is 202 g/mol. The molecule has 0 saturated carbocycles. The van der Waals surface area contributed by atoms with E-state index in [1.165, 1.54) is 23.8 Å². The molecule has 0 N–H and O–H groups in total. The Bertz CT molecular complexity index is 354. The summed E-state index contributed by atoms with van der Waals surface area (Å²) < 4.78 is 4.63. The van der Waals surface area contributed by atoms with Gasteiger partial charge in [0.25, 0.3) is 0 Å². The van der Waals surface area contributed by atoms with Crippen molar-refractivity contribution in [2.75, 3.05) is 20.7 Å². The maximum atomic E-state index is 11.1. The second-order valence-electron chi connectivity index (χ2n) is 4.24. The first-order chi connectivity index (χ1) is 7.51. The monoisotopic (exact) mass is 221 g/mol. The molecule has 0 amide bonds. The molecule has 1 aromatic carbocycles. The number of methoxy groups -OCH3 is 1. The third-order valence-corrected chi connectivity index (χ3v) is 2.36. The summed E-state index contributed by atoms with van der Waals surface area (Å²) in [7, 11) is 3.32. The van der Waals surface area contributed by atoms with Crippen LogP contribution < -0.4 is 0 Å². The molecule has 0 atom stereocenters. The van der Waals surface area contributed by atoms with Gasteiger partial charge in [0.05, 0.1) is 13.7 Å². The van der Waals surface area contributed by atoms with Gasteiger partial charge in [-0.1, -0.05) is 29.3 Å². The number of ether oxygens (including phenoxy) is 1. The number of carbonyl (C=O) groups excluding carboxylic acids is 1. The van der Waals surface area contributed by atoms with E-state index in [4.69, 9.17) is 0 Å². The van der Waals surface area contributed by atoms with Crippen LogP contribution in [0.3, 0.4) is 0 Å². The zero-order chi connectivity index (χ0) is 12.1. The minimum absolute atomic E-state index is 0.202. The van der Waals surface area contributed by atoms with Crippen molar-refractivity contribution < 1.29 is 9.53 Å². The summed E-state index contributed by atoms with van der Waals surface area (Å²) in [6.45, 7) is 5.24. The highest BCUT2D eigenvalue weighted by molar-refractivity contribution is 5.71. The Balaban J connectivity index is 2.62. The van der Waals surface area contributed by atoms with E-state index in [2.05, 4.69) is 36.8 Å². The summed E-state index contributed by atoms with van der Waals surface area (Å²) in [5.41, 5.74) is 3.73. The summed E-state index contributed by atoms with van der Waals surface area (Å²) in [5.74, 6) is -0.202. The van der Waals surface area contributed by atoms with Crippen molar-refractivity contribution >= 4 is 5.97 Å². The molecule has 3 nitrogen and oxygen atoms in total. The van der Waals surface area contributed by atoms with Crippen LogP contribution in [0.5, 0.6) is 0 Å². The molecular formula is C13H19NO2.